The van der Waals surface area contributed by atoms with Crippen LogP contribution in [0.1, 0.15) is 36.0 Å². The zero-order valence-electron chi connectivity index (χ0n) is 17.5. The molecule has 1 aliphatic heterocycles. The Bertz CT molecular complexity index is 1000. The standard InChI is InChI=1S/C22H27ClN2O5S/c1-29-20-11-10-17(16-18(20)22(26)25-13-6-2-3-7-14-25)31(27,28)24-12-15-30-21-9-5-4-8-19(21)23/h4-5,8-11,16,24H,2-3,6-7,12-15H2,1H3. The summed E-state index contributed by atoms with van der Waals surface area (Å²) in [5, 5.41) is 0.456. The van der Waals surface area contributed by atoms with Crippen LogP contribution in [0.15, 0.2) is 47.4 Å². The van der Waals surface area contributed by atoms with E-state index in [9.17, 15) is 13.2 Å². The van der Waals surface area contributed by atoms with E-state index in [2.05, 4.69) is 4.72 Å². The molecule has 1 fully saturated rings. The Morgan fingerprint density at radius 1 is 1.06 bits per heavy atom. The fourth-order valence-corrected chi connectivity index (χ4v) is 4.68. The van der Waals surface area contributed by atoms with Gasteiger partial charge in [-0.3, -0.25) is 4.79 Å². The van der Waals surface area contributed by atoms with E-state index in [1.165, 1.54) is 25.3 Å². The van der Waals surface area contributed by atoms with Crippen molar-refractivity contribution in [1.82, 2.24) is 9.62 Å². The minimum atomic E-state index is -3.83. The van der Waals surface area contributed by atoms with Gasteiger partial charge < -0.3 is 14.4 Å². The van der Waals surface area contributed by atoms with E-state index in [0.29, 0.717) is 29.6 Å². The van der Waals surface area contributed by atoms with Crippen LogP contribution < -0.4 is 14.2 Å². The lowest BCUT2D eigenvalue weighted by molar-refractivity contribution is 0.0758. The van der Waals surface area contributed by atoms with Crippen LogP contribution in [0, 0.1) is 0 Å². The predicted octanol–water partition coefficient (Wildman–Crippen LogP) is 3.72. The number of likely N-dealkylation sites (tertiary alicyclic amines) is 1. The second kappa shape index (κ2) is 10.8. The molecule has 9 heteroatoms. The summed E-state index contributed by atoms with van der Waals surface area (Å²) in [5.41, 5.74) is 0.250. The molecule has 0 atom stereocenters. The Morgan fingerprint density at radius 3 is 2.45 bits per heavy atom. The fourth-order valence-electron chi connectivity index (χ4n) is 3.45. The quantitative estimate of drug-likeness (QED) is 0.599. The third-order valence-corrected chi connectivity index (χ3v) is 6.86. The van der Waals surface area contributed by atoms with E-state index in [4.69, 9.17) is 21.1 Å². The van der Waals surface area contributed by atoms with Crippen LogP contribution in [0.5, 0.6) is 11.5 Å². The van der Waals surface area contributed by atoms with Crippen molar-refractivity contribution < 1.29 is 22.7 Å². The molecule has 7 nitrogen and oxygen atoms in total. The zero-order chi connectivity index (χ0) is 22.3. The number of nitrogens with zero attached hydrogens (tertiary/aromatic N) is 1. The summed E-state index contributed by atoms with van der Waals surface area (Å²) < 4.78 is 38.8. The largest absolute Gasteiger partial charge is 0.496 e. The minimum Gasteiger partial charge on any atom is -0.496 e. The lowest BCUT2D eigenvalue weighted by Crippen LogP contribution is -2.32. The van der Waals surface area contributed by atoms with Gasteiger partial charge in [0.15, 0.2) is 0 Å². The molecule has 2 aromatic carbocycles. The number of ether oxygens (including phenoxy) is 2. The smallest absolute Gasteiger partial charge is 0.257 e. The van der Waals surface area contributed by atoms with Crippen LogP contribution in [-0.4, -0.2) is 52.6 Å². The molecular weight excluding hydrogens is 440 g/mol. The Hall–Kier alpha value is -2.29. The molecule has 1 aliphatic rings. The van der Waals surface area contributed by atoms with E-state index in [0.717, 1.165) is 25.7 Å². The molecule has 1 heterocycles. The molecule has 31 heavy (non-hydrogen) atoms. The second-order valence-corrected chi connectivity index (χ2v) is 9.42. The number of carbonyl (C=O) groups is 1. The van der Waals surface area contributed by atoms with Crippen molar-refractivity contribution >= 4 is 27.5 Å². The highest BCUT2D eigenvalue weighted by Gasteiger charge is 2.24. The Balaban J connectivity index is 1.69. The Kier molecular flexibility index (Phi) is 8.17. The maximum Gasteiger partial charge on any atom is 0.257 e. The zero-order valence-corrected chi connectivity index (χ0v) is 19.0. The number of halogens is 1. The topological polar surface area (TPSA) is 84.9 Å². The summed E-state index contributed by atoms with van der Waals surface area (Å²) in [6.45, 7) is 1.49. The van der Waals surface area contributed by atoms with Gasteiger partial charge in [-0.1, -0.05) is 36.6 Å². The van der Waals surface area contributed by atoms with E-state index >= 15 is 0 Å². The van der Waals surface area contributed by atoms with Crippen molar-refractivity contribution in [3.05, 3.63) is 53.1 Å². The lowest BCUT2D eigenvalue weighted by Gasteiger charge is -2.22. The summed E-state index contributed by atoms with van der Waals surface area (Å²) in [6.07, 6.45) is 4.07. The molecule has 0 radical (unpaired) electrons. The molecule has 0 unspecified atom stereocenters. The normalized spacial score (nSPS) is 14.7. The number of amides is 1. The van der Waals surface area contributed by atoms with Gasteiger partial charge in [0.05, 0.1) is 22.6 Å². The van der Waals surface area contributed by atoms with Crippen LogP contribution >= 0.6 is 11.6 Å². The predicted molar refractivity (Wildman–Crippen MR) is 120 cm³/mol. The van der Waals surface area contributed by atoms with Crippen LogP contribution in [0.3, 0.4) is 0 Å². The third-order valence-electron chi connectivity index (χ3n) is 5.09. The maximum absolute atomic E-state index is 13.1. The molecular formula is C22H27ClN2O5S. The lowest BCUT2D eigenvalue weighted by atomic mass is 10.1. The van der Waals surface area contributed by atoms with Crippen molar-refractivity contribution in [1.29, 1.82) is 0 Å². The summed E-state index contributed by atoms with van der Waals surface area (Å²) in [7, 11) is -2.37. The van der Waals surface area contributed by atoms with Gasteiger partial charge in [0, 0.05) is 19.6 Å². The Labute approximate surface area is 188 Å². The first-order valence-corrected chi connectivity index (χ1v) is 12.1. The van der Waals surface area contributed by atoms with Gasteiger partial charge in [-0.15, -0.1) is 0 Å². The molecule has 0 aliphatic carbocycles. The number of hydrogen-bond donors (Lipinski definition) is 1. The van der Waals surface area contributed by atoms with Crippen molar-refractivity contribution in [3.63, 3.8) is 0 Å². The first-order chi connectivity index (χ1) is 14.9. The number of sulfonamides is 1. The first kappa shape index (κ1) is 23.4. The number of carbonyl (C=O) groups excluding carboxylic acids is 1. The molecule has 2 aromatic rings. The summed E-state index contributed by atoms with van der Waals surface area (Å²) in [5.74, 6) is 0.631. The third kappa shape index (κ3) is 6.12. The van der Waals surface area contributed by atoms with Gasteiger partial charge in [0.25, 0.3) is 5.91 Å². The molecule has 0 bridgehead atoms. The van der Waals surface area contributed by atoms with Gasteiger partial charge in [0.2, 0.25) is 10.0 Å². The van der Waals surface area contributed by atoms with Gasteiger partial charge in [-0.2, -0.15) is 0 Å². The fraction of sp³-hybridized carbons (Fsp3) is 0.409. The number of hydrogen-bond acceptors (Lipinski definition) is 5. The summed E-state index contributed by atoms with van der Waals surface area (Å²) in [6, 6.07) is 11.3. The molecule has 0 aromatic heterocycles. The number of methoxy groups -OCH3 is 1. The van der Waals surface area contributed by atoms with Crippen molar-refractivity contribution in [2.45, 2.75) is 30.6 Å². The highest BCUT2D eigenvalue weighted by molar-refractivity contribution is 7.89. The maximum atomic E-state index is 13.1. The number of rotatable bonds is 8. The van der Waals surface area contributed by atoms with E-state index < -0.39 is 10.0 Å². The van der Waals surface area contributed by atoms with Crippen LogP contribution in [0.2, 0.25) is 5.02 Å². The van der Waals surface area contributed by atoms with E-state index in [1.54, 1.807) is 29.2 Å². The highest BCUT2D eigenvalue weighted by atomic mass is 35.5. The van der Waals surface area contributed by atoms with E-state index in [-0.39, 0.29) is 29.5 Å². The molecule has 1 saturated heterocycles. The van der Waals surface area contributed by atoms with Crippen LogP contribution in [0.25, 0.3) is 0 Å². The number of para-hydroxylation sites is 1. The van der Waals surface area contributed by atoms with Gasteiger partial charge in [0.1, 0.15) is 18.1 Å². The number of benzene rings is 2. The van der Waals surface area contributed by atoms with Gasteiger partial charge >= 0.3 is 0 Å². The summed E-state index contributed by atoms with van der Waals surface area (Å²) in [4.78, 5) is 14.8. The average Bonchev–Trinajstić information content (AvgIpc) is 3.06. The minimum absolute atomic E-state index is 0.00390. The molecule has 1 amide bonds. The molecule has 3 rings (SSSR count). The molecule has 1 N–H and O–H groups in total. The van der Waals surface area contributed by atoms with Crippen LogP contribution in [-0.2, 0) is 10.0 Å². The van der Waals surface area contributed by atoms with E-state index in [1.807, 2.05) is 0 Å². The Morgan fingerprint density at radius 2 is 1.77 bits per heavy atom. The van der Waals surface area contributed by atoms with Crippen molar-refractivity contribution in [2.24, 2.45) is 0 Å². The van der Waals surface area contributed by atoms with Crippen molar-refractivity contribution in [2.75, 3.05) is 33.4 Å². The molecule has 0 saturated carbocycles. The second-order valence-electron chi connectivity index (χ2n) is 7.25. The van der Waals surface area contributed by atoms with Gasteiger partial charge in [-0.25, -0.2) is 13.1 Å². The molecule has 0 spiro atoms. The number of nitrogens with one attached hydrogen (secondary N) is 1. The SMILES string of the molecule is COc1ccc(S(=O)(=O)NCCOc2ccccc2Cl)cc1C(=O)N1CCCCCC1. The summed E-state index contributed by atoms with van der Waals surface area (Å²) >= 11 is 6.03. The van der Waals surface area contributed by atoms with Gasteiger partial charge in [-0.05, 0) is 43.2 Å². The van der Waals surface area contributed by atoms with Crippen molar-refractivity contribution in [3.8, 4) is 11.5 Å². The monoisotopic (exact) mass is 466 g/mol. The average molecular weight is 467 g/mol. The first-order valence-electron chi connectivity index (χ1n) is 10.3. The highest BCUT2D eigenvalue weighted by Crippen LogP contribution is 2.26. The molecule has 168 valence electrons. The van der Waals surface area contributed by atoms with Crippen LogP contribution in [0.4, 0.5) is 0 Å².